The van der Waals surface area contributed by atoms with Crippen molar-refractivity contribution >= 4 is 29.1 Å². The molecule has 1 unspecified atom stereocenters. The van der Waals surface area contributed by atoms with E-state index in [0.717, 1.165) is 18.4 Å². The van der Waals surface area contributed by atoms with Crippen molar-refractivity contribution in [3.8, 4) is 0 Å². The molecule has 1 N–H and O–H groups in total. The zero-order chi connectivity index (χ0) is 13.5. The number of amides is 1. The summed E-state index contributed by atoms with van der Waals surface area (Å²) in [5, 5.41) is 3.45. The fourth-order valence-corrected chi connectivity index (χ4v) is 2.28. The van der Waals surface area contributed by atoms with Crippen LogP contribution in [0, 0.1) is 12.8 Å². The number of alkyl halides is 1. The smallest absolute Gasteiger partial charge is 0.252 e. The Kier molecular flexibility index (Phi) is 6.51. The molecule has 1 aromatic rings. The minimum Gasteiger partial charge on any atom is -0.352 e. The Labute approximate surface area is 119 Å². The lowest BCUT2D eigenvalue weighted by Gasteiger charge is -2.15. The van der Waals surface area contributed by atoms with Crippen LogP contribution in [0.4, 0.5) is 0 Å². The van der Waals surface area contributed by atoms with Crippen molar-refractivity contribution < 1.29 is 4.79 Å². The minimum atomic E-state index is -0.114. The van der Waals surface area contributed by atoms with Crippen molar-refractivity contribution in [1.29, 1.82) is 0 Å². The molecule has 0 radical (unpaired) electrons. The van der Waals surface area contributed by atoms with Gasteiger partial charge in [-0.15, -0.1) is 11.6 Å². The molecule has 0 fully saturated rings. The summed E-state index contributed by atoms with van der Waals surface area (Å²) in [4.78, 5) is 12.0. The normalized spacial score (nSPS) is 12.2. The van der Waals surface area contributed by atoms with Crippen molar-refractivity contribution in [3.63, 3.8) is 0 Å². The highest BCUT2D eigenvalue weighted by atomic mass is 35.5. The average Bonchev–Trinajstić information content (AvgIpc) is 2.37. The van der Waals surface area contributed by atoms with Crippen molar-refractivity contribution in [2.45, 2.75) is 26.7 Å². The van der Waals surface area contributed by atoms with Gasteiger partial charge in [0.25, 0.3) is 5.91 Å². The van der Waals surface area contributed by atoms with E-state index in [0.29, 0.717) is 28.9 Å². The first kappa shape index (κ1) is 15.3. The van der Waals surface area contributed by atoms with E-state index in [1.54, 1.807) is 6.07 Å². The second-order valence-corrected chi connectivity index (χ2v) is 5.15. The summed E-state index contributed by atoms with van der Waals surface area (Å²) in [7, 11) is 0. The van der Waals surface area contributed by atoms with Crippen LogP contribution in [-0.4, -0.2) is 18.3 Å². The molecule has 0 aliphatic rings. The topological polar surface area (TPSA) is 29.1 Å². The molecule has 0 saturated carbocycles. The number of rotatable bonds is 6. The molecule has 0 spiro atoms. The van der Waals surface area contributed by atoms with Crippen LogP contribution in [0.5, 0.6) is 0 Å². The molecule has 0 heterocycles. The number of halogens is 2. The Morgan fingerprint density at radius 3 is 2.78 bits per heavy atom. The molecule has 0 aromatic heterocycles. The third-order valence-corrected chi connectivity index (χ3v) is 3.80. The highest BCUT2D eigenvalue weighted by Gasteiger charge is 2.13. The summed E-state index contributed by atoms with van der Waals surface area (Å²) in [5.41, 5.74) is 1.45. The van der Waals surface area contributed by atoms with Crippen LogP contribution in [0.25, 0.3) is 0 Å². The molecular weight excluding hydrogens is 269 g/mol. The first-order valence-corrected chi connectivity index (χ1v) is 7.10. The number of nitrogens with one attached hydrogen (secondary N) is 1. The molecule has 100 valence electrons. The van der Waals surface area contributed by atoms with Gasteiger partial charge in [0.1, 0.15) is 0 Å². The molecular formula is C14H19Cl2NO. The van der Waals surface area contributed by atoms with Crippen molar-refractivity contribution in [2.75, 3.05) is 12.4 Å². The number of aryl methyl sites for hydroxylation is 1. The van der Waals surface area contributed by atoms with Gasteiger partial charge < -0.3 is 5.32 Å². The Balaban J connectivity index is 2.62. The fraction of sp³-hybridized carbons (Fsp3) is 0.500. The van der Waals surface area contributed by atoms with Crippen LogP contribution in [0.1, 0.15) is 35.7 Å². The number of carbonyl (C=O) groups excluding carboxylic acids is 1. The second-order valence-electron chi connectivity index (χ2n) is 4.40. The summed E-state index contributed by atoms with van der Waals surface area (Å²) in [6.07, 6.45) is 1.93. The Morgan fingerprint density at radius 2 is 2.17 bits per heavy atom. The Bertz CT molecular complexity index is 407. The maximum Gasteiger partial charge on any atom is 0.252 e. The van der Waals surface area contributed by atoms with Gasteiger partial charge in [0.05, 0.1) is 10.6 Å². The molecule has 1 rings (SSSR count). The quantitative estimate of drug-likeness (QED) is 0.787. The molecule has 0 aliphatic heterocycles. The standard InChI is InChI=1S/C14H19Cl2NO/c1-3-11(7-8-15)9-17-14(18)12-6-4-5-10(2)13(12)16/h4-6,11H,3,7-9H2,1-2H3,(H,17,18). The molecule has 1 atom stereocenters. The molecule has 1 aromatic carbocycles. The Hall–Kier alpha value is -0.730. The third-order valence-electron chi connectivity index (χ3n) is 3.08. The number of carbonyl (C=O) groups is 1. The maximum atomic E-state index is 12.0. The SMILES string of the molecule is CCC(CCCl)CNC(=O)c1cccc(C)c1Cl. The molecule has 4 heteroatoms. The van der Waals surface area contributed by atoms with Crippen molar-refractivity contribution in [2.24, 2.45) is 5.92 Å². The fourth-order valence-electron chi connectivity index (χ4n) is 1.76. The second kappa shape index (κ2) is 7.65. The van der Waals surface area contributed by atoms with Gasteiger partial charge in [0.15, 0.2) is 0 Å². The van der Waals surface area contributed by atoms with E-state index in [1.807, 2.05) is 19.1 Å². The van der Waals surface area contributed by atoms with E-state index >= 15 is 0 Å². The van der Waals surface area contributed by atoms with Gasteiger partial charge in [0, 0.05) is 12.4 Å². The highest BCUT2D eigenvalue weighted by molar-refractivity contribution is 6.34. The molecule has 0 bridgehead atoms. The minimum absolute atomic E-state index is 0.114. The molecule has 1 amide bonds. The van der Waals surface area contributed by atoms with Gasteiger partial charge in [-0.25, -0.2) is 0 Å². The van der Waals surface area contributed by atoms with E-state index in [4.69, 9.17) is 23.2 Å². The van der Waals surface area contributed by atoms with Crippen molar-refractivity contribution in [1.82, 2.24) is 5.32 Å². The number of hydrogen-bond donors (Lipinski definition) is 1. The van der Waals surface area contributed by atoms with Gasteiger partial charge >= 0.3 is 0 Å². The monoisotopic (exact) mass is 287 g/mol. The number of benzene rings is 1. The largest absolute Gasteiger partial charge is 0.352 e. The first-order valence-electron chi connectivity index (χ1n) is 6.19. The average molecular weight is 288 g/mol. The predicted octanol–water partition coefficient (Wildman–Crippen LogP) is 4.03. The van der Waals surface area contributed by atoms with Crippen LogP contribution in [-0.2, 0) is 0 Å². The molecule has 0 aliphatic carbocycles. The van der Waals surface area contributed by atoms with Gasteiger partial charge in [-0.05, 0) is 30.9 Å². The summed E-state index contributed by atoms with van der Waals surface area (Å²) in [6, 6.07) is 5.47. The maximum absolute atomic E-state index is 12.0. The van der Waals surface area contributed by atoms with Crippen LogP contribution >= 0.6 is 23.2 Å². The number of hydrogen-bond acceptors (Lipinski definition) is 1. The lowest BCUT2D eigenvalue weighted by molar-refractivity contribution is 0.0946. The van der Waals surface area contributed by atoms with Crippen LogP contribution in [0.2, 0.25) is 5.02 Å². The van der Waals surface area contributed by atoms with Crippen LogP contribution in [0.3, 0.4) is 0 Å². The van der Waals surface area contributed by atoms with Gasteiger partial charge in [-0.3, -0.25) is 4.79 Å². The molecule has 18 heavy (non-hydrogen) atoms. The lowest BCUT2D eigenvalue weighted by Crippen LogP contribution is -2.29. The summed E-state index contributed by atoms with van der Waals surface area (Å²) < 4.78 is 0. The first-order chi connectivity index (χ1) is 8.60. The van der Waals surface area contributed by atoms with E-state index in [2.05, 4.69) is 12.2 Å². The summed E-state index contributed by atoms with van der Waals surface area (Å²) in [5.74, 6) is 0.936. The van der Waals surface area contributed by atoms with E-state index in [1.165, 1.54) is 0 Å². The predicted molar refractivity (Wildman–Crippen MR) is 77.6 cm³/mol. The van der Waals surface area contributed by atoms with Crippen LogP contribution in [0.15, 0.2) is 18.2 Å². The lowest BCUT2D eigenvalue weighted by atomic mass is 10.0. The van der Waals surface area contributed by atoms with Crippen LogP contribution < -0.4 is 5.32 Å². The van der Waals surface area contributed by atoms with Gasteiger partial charge in [0.2, 0.25) is 0 Å². The van der Waals surface area contributed by atoms with Gasteiger partial charge in [-0.1, -0.05) is 37.1 Å². The Morgan fingerprint density at radius 1 is 1.44 bits per heavy atom. The zero-order valence-electron chi connectivity index (χ0n) is 10.8. The summed E-state index contributed by atoms with van der Waals surface area (Å²) in [6.45, 7) is 4.64. The third kappa shape index (κ3) is 4.18. The van der Waals surface area contributed by atoms with E-state index < -0.39 is 0 Å². The highest BCUT2D eigenvalue weighted by Crippen LogP contribution is 2.20. The van der Waals surface area contributed by atoms with Gasteiger partial charge in [-0.2, -0.15) is 0 Å². The molecule has 0 saturated heterocycles. The molecule has 2 nitrogen and oxygen atoms in total. The summed E-state index contributed by atoms with van der Waals surface area (Å²) >= 11 is 11.8. The van der Waals surface area contributed by atoms with E-state index in [-0.39, 0.29) is 5.91 Å². The zero-order valence-corrected chi connectivity index (χ0v) is 12.3. The van der Waals surface area contributed by atoms with E-state index in [9.17, 15) is 4.79 Å². The van der Waals surface area contributed by atoms with Crippen molar-refractivity contribution in [3.05, 3.63) is 34.3 Å².